The molecule has 2 rings (SSSR count). The Balaban J connectivity index is 1.87. The highest BCUT2D eigenvalue weighted by Crippen LogP contribution is 2.26. The van der Waals surface area contributed by atoms with E-state index in [2.05, 4.69) is 34.2 Å². The summed E-state index contributed by atoms with van der Waals surface area (Å²) in [5.41, 5.74) is 1.05. The lowest BCUT2D eigenvalue weighted by Gasteiger charge is -2.33. The zero-order chi connectivity index (χ0) is 13.0. The fourth-order valence-electron chi connectivity index (χ4n) is 2.63. The molecule has 0 aromatic carbocycles. The highest BCUT2D eigenvalue weighted by molar-refractivity contribution is 5.29. The normalized spacial score (nSPS) is 24.2. The molecule has 1 aliphatic rings. The molecular formula is C14H24N4. The first-order valence-corrected chi connectivity index (χ1v) is 6.88. The van der Waals surface area contributed by atoms with Gasteiger partial charge in [0, 0.05) is 19.6 Å². The molecule has 0 aliphatic heterocycles. The van der Waals surface area contributed by atoms with Crippen LogP contribution in [0.5, 0.6) is 0 Å². The van der Waals surface area contributed by atoms with Gasteiger partial charge in [-0.15, -0.1) is 0 Å². The van der Waals surface area contributed by atoms with Gasteiger partial charge in [0.15, 0.2) is 0 Å². The fraction of sp³-hybridized carbons (Fsp3) is 0.714. The molecule has 1 fully saturated rings. The van der Waals surface area contributed by atoms with Crippen LogP contribution in [-0.4, -0.2) is 35.0 Å². The maximum absolute atomic E-state index is 4.43. The smallest absolute Gasteiger partial charge is 0.144 e. The minimum absolute atomic E-state index is 0.715. The van der Waals surface area contributed by atoms with Gasteiger partial charge in [-0.2, -0.15) is 0 Å². The highest BCUT2D eigenvalue weighted by atomic mass is 15.1. The molecule has 0 amide bonds. The average Bonchev–Trinajstić information content (AvgIpc) is 2.40. The third kappa shape index (κ3) is 3.42. The van der Waals surface area contributed by atoms with Gasteiger partial charge in [-0.25, -0.2) is 4.98 Å². The quantitative estimate of drug-likeness (QED) is 0.889. The number of hydrogen-bond donors (Lipinski definition) is 1. The molecule has 0 atom stereocenters. The van der Waals surface area contributed by atoms with Crippen LogP contribution in [0.3, 0.4) is 0 Å². The molecule has 18 heavy (non-hydrogen) atoms. The van der Waals surface area contributed by atoms with Gasteiger partial charge in [0.2, 0.25) is 0 Å². The van der Waals surface area contributed by atoms with Crippen molar-refractivity contribution in [1.82, 2.24) is 14.9 Å². The molecule has 1 aromatic heterocycles. The Hall–Kier alpha value is -1.16. The molecule has 1 aromatic rings. The van der Waals surface area contributed by atoms with Crippen molar-refractivity contribution < 1.29 is 0 Å². The molecular weight excluding hydrogens is 224 g/mol. The topological polar surface area (TPSA) is 41.1 Å². The Bertz CT molecular complexity index is 355. The monoisotopic (exact) mass is 248 g/mol. The van der Waals surface area contributed by atoms with E-state index in [1.165, 1.54) is 25.7 Å². The van der Waals surface area contributed by atoms with Gasteiger partial charge in [-0.3, -0.25) is 9.88 Å². The second-order valence-corrected chi connectivity index (χ2v) is 5.47. The minimum atomic E-state index is 0.715. The molecule has 4 nitrogen and oxygen atoms in total. The van der Waals surface area contributed by atoms with Crippen LogP contribution in [0.2, 0.25) is 0 Å². The molecule has 100 valence electrons. The number of aromatic nitrogens is 2. The van der Waals surface area contributed by atoms with Crippen LogP contribution in [0.4, 0.5) is 5.82 Å². The Morgan fingerprint density at radius 2 is 1.94 bits per heavy atom. The van der Waals surface area contributed by atoms with Gasteiger partial charge in [0.05, 0.1) is 18.1 Å². The second-order valence-electron chi connectivity index (χ2n) is 5.47. The summed E-state index contributed by atoms with van der Waals surface area (Å²) < 4.78 is 0. The first-order chi connectivity index (χ1) is 8.69. The maximum atomic E-state index is 4.43. The van der Waals surface area contributed by atoms with Crippen molar-refractivity contribution in [2.24, 2.45) is 5.92 Å². The minimum Gasteiger partial charge on any atom is -0.372 e. The zero-order valence-electron chi connectivity index (χ0n) is 11.7. The maximum Gasteiger partial charge on any atom is 0.144 e. The van der Waals surface area contributed by atoms with E-state index in [4.69, 9.17) is 0 Å². The van der Waals surface area contributed by atoms with Crippen molar-refractivity contribution >= 4 is 5.82 Å². The predicted octanol–water partition coefficient (Wildman–Crippen LogP) is 2.53. The lowest BCUT2D eigenvalue weighted by molar-refractivity contribution is 0.162. The van der Waals surface area contributed by atoms with E-state index >= 15 is 0 Å². The highest BCUT2D eigenvalue weighted by Gasteiger charge is 2.21. The summed E-state index contributed by atoms with van der Waals surface area (Å²) in [4.78, 5) is 11.2. The van der Waals surface area contributed by atoms with Crippen molar-refractivity contribution in [2.75, 3.05) is 19.4 Å². The van der Waals surface area contributed by atoms with Crippen LogP contribution in [0.25, 0.3) is 0 Å². The van der Waals surface area contributed by atoms with Gasteiger partial charge in [0.1, 0.15) is 5.82 Å². The van der Waals surface area contributed by atoms with E-state index in [9.17, 15) is 0 Å². The summed E-state index contributed by atoms with van der Waals surface area (Å²) in [5.74, 6) is 1.73. The molecule has 0 unspecified atom stereocenters. The van der Waals surface area contributed by atoms with Gasteiger partial charge in [-0.1, -0.05) is 6.92 Å². The summed E-state index contributed by atoms with van der Waals surface area (Å²) in [7, 11) is 4.06. The molecule has 0 bridgehead atoms. The molecule has 1 aliphatic carbocycles. The summed E-state index contributed by atoms with van der Waals surface area (Å²) in [6.07, 6.45) is 9.03. The van der Waals surface area contributed by atoms with Gasteiger partial charge >= 0.3 is 0 Å². The standard InChI is InChI=1S/C14H24N4/c1-11-4-6-13(7-5-11)18(3)10-12-8-17-14(15-2)9-16-12/h8-9,11,13H,4-7,10H2,1-3H3,(H,15,17). The Labute approximate surface area is 110 Å². The average molecular weight is 248 g/mol. The molecule has 1 saturated carbocycles. The molecule has 0 spiro atoms. The first kappa shape index (κ1) is 13.3. The zero-order valence-corrected chi connectivity index (χ0v) is 11.7. The second kappa shape index (κ2) is 6.14. The van der Waals surface area contributed by atoms with Crippen molar-refractivity contribution in [3.63, 3.8) is 0 Å². The summed E-state index contributed by atoms with van der Waals surface area (Å²) >= 11 is 0. The van der Waals surface area contributed by atoms with Crippen molar-refractivity contribution in [2.45, 2.75) is 45.2 Å². The number of rotatable bonds is 4. The Morgan fingerprint density at radius 3 is 2.50 bits per heavy atom. The largest absolute Gasteiger partial charge is 0.372 e. The van der Waals surface area contributed by atoms with Crippen molar-refractivity contribution in [3.05, 3.63) is 18.1 Å². The van der Waals surface area contributed by atoms with Crippen molar-refractivity contribution in [3.8, 4) is 0 Å². The van der Waals surface area contributed by atoms with E-state index in [1.807, 2.05) is 13.2 Å². The van der Waals surface area contributed by atoms with Crippen molar-refractivity contribution in [1.29, 1.82) is 0 Å². The van der Waals surface area contributed by atoms with Gasteiger partial charge in [0.25, 0.3) is 0 Å². The first-order valence-electron chi connectivity index (χ1n) is 6.88. The van der Waals surface area contributed by atoms with Crippen LogP contribution in [-0.2, 0) is 6.54 Å². The molecule has 4 heteroatoms. The van der Waals surface area contributed by atoms with E-state index in [-0.39, 0.29) is 0 Å². The third-order valence-electron chi connectivity index (χ3n) is 3.98. The number of nitrogens with zero attached hydrogens (tertiary/aromatic N) is 3. The predicted molar refractivity (Wildman–Crippen MR) is 74.5 cm³/mol. The van der Waals surface area contributed by atoms with E-state index < -0.39 is 0 Å². The Kier molecular flexibility index (Phi) is 4.53. The number of nitrogens with one attached hydrogen (secondary N) is 1. The van der Waals surface area contributed by atoms with Gasteiger partial charge in [-0.05, 0) is 38.6 Å². The molecule has 0 radical (unpaired) electrons. The Morgan fingerprint density at radius 1 is 1.22 bits per heavy atom. The summed E-state index contributed by atoms with van der Waals surface area (Å²) in [6, 6.07) is 0.715. The summed E-state index contributed by atoms with van der Waals surface area (Å²) in [6.45, 7) is 3.26. The SMILES string of the molecule is CNc1cnc(CN(C)C2CCC(C)CC2)cn1. The van der Waals surface area contributed by atoms with Crippen LogP contribution >= 0.6 is 0 Å². The van der Waals surface area contributed by atoms with E-state index in [0.717, 1.165) is 24.0 Å². The lowest BCUT2D eigenvalue weighted by atomic mass is 9.87. The number of anilines is 1. The van der Waals surface area contributed by atoms with Gasteiger partial charge < -0.3 is 5.32 Å². The van der Waals surface area contributed by atoms with Crippen LogP contribution in [0, 0.1) is 5.92 Å². The molecule has 1 heterocycles. The summed E-state index contributed by atoms with van der Waals surface area (Å²) in [5, 5.41) is 2.99. The lowest BCUT2D eigenvalue weighted by Crippen LogP contribution is -2.34. The van der Waals surface area contributed by atoms with Crippen LogP contribution < -0.4 is 5.32 Å². The number of hydrogen-bond acceptors (Lipinski definition) is 4. The molecule has 0 saturated heterocycles. The fourth-order valence-corrected chi connectivity index (χ4v) is 2.63. The third-order valence-corrected chi connectivity index (χ3v) is 3.98. The van der Waals surface area contributed by atoms with Crippen LogP contribution in [0.1, 0.15) is 38.3 Å². The van der Waals surface area contributed by atoms with E-state index in [0.29, 0.717) is 6.04 Å². The van der Waals surface area contributed by atoms with Crippen LogP contribution in [0.15, 0.2) is 12.4 Å². The molecule has 1 N–H and O–H groups in total. The van der Waals surface area contributed by atoms with E-state index in [1.54, 1.807) is 6.20 Å².